The van der Waals surface area contributed by atoms with Gasteiger partial charge in [0.1, 0.15) is 19.9 Å². The first-order chi connectivity index (χ1) is 15.3. The van der Waals surface area contributed by atoms with Gasteiger partial charge < -0.3 is 19.1 Å². The van der Waals surface area contributed by atoms with Crippen LogP contribution < -0.4 is 9.47 Å². The molecular weight excluding hydrogens is 394 g/mol. The molecule has 0 amide bonds. The number of ether oxygens (including phenoxy) is 3. The molecule has 1 atom stereocenters. The number of aliphatic imine (C=N–C) groups is 1. The van der Waals surface area contributed by atoms with E-state index in [1.165, 1.54) is 16.7 Å². The number of nitrogens with zero attached hydrogens (tertiary/aromatic N) is 4. The first kappa shape index (κ1) is 18.0. The van der Waals surface area contributed by atoms with Crippen LogP contribution in [0, 0.1) is 0 Å². The SMILES string of the molecule is C1=C2c3ccc(-c4cn[nH]c4)cc3CCN2CN=C1OCC1COc2ncccc2O1. The molecule has 0 spiro atoms. The van der Waals surface area contributed by atoms with E-state index >= 15 is 0 Å². The number of fused-ring (bicyclic) bond motifs is 4. The second-order valence-corrected chi connectivity index (χ2v) is 7.71. The van der Waals surface area contributed by atoms with Crippen molar-refractivity contribution < 1.29 is 14.2 Å². The molecule has 5 heterocycles. The van der Waals surface area contributed by atoms with Crippen molar-refractivity contribution in [2.24, 2.45) is 4.99 Å². The minimum absolute atomic E-state index is 0.202. The van der Waals surface area contributed by atoms with E-state index in [0.29, 0.717) is 37.4 Å². The molecule has 156 valence electrons. The molecule has 1 aromatic carbocycles. The Morgan fingerprint density at radius 2 is 2.23 bits per heavy atom. The Hall–Kier alpha value is -3.81. The summed E-state index contributed by atoms with van der Waals surface area (Å²) in [5.74, 6) is 1.80. The number of H-pyrrole nitrogens is 1. The van der Waals surface area contributed by atoms with E-state index < -0.39 is 0 Å². The molecule has 3 aliphatic heterocycles. The number of benzene rings is 1. The molecule has 0 bridgehead atoms. The highest BCUT2D eigenvalue weighted by Gasteiger charge is 2.26. The Kier molecular flexibility index (Phi) is 4.33. The van der Waals surface area contributed by atoms with E-state index in [9.17, 15) is 0 Å². The van der Waals surface area contributed by atoms with Crippen LogP contribution in [0.1, 0.15) is 11.1 Å². The molecule has 0 aliphatic carbocycles. The van der Waals surface area contributed by atoms with E-state index in [1.54, 1.807) is 6.20 Å². The van der Waals surface area contributed by atoms with Gasteiger partial charge in [-0.1, -0.05) is 18.2 Å². The fourth-order valence-corrected chi connectivity index (χ4v) is 4.13. The van der Waals surface area contributed by atoms with Crippen molar-refractivity contribution in [2.45, 2.75) is 12.5 Å². The van der Waals surface area contributed by atoms with Gasteiger partial charge in [0.25, 0.3) is 5.88 Å². The van der Waals surface area contributed by atoms with Crippen LogP contribution in [0.2, 0.25) is 0 Å². The van der Waals surface area contributed by atoms with E-state index in [-0.39, 0.29) is 6.10 Å². The lowest BCUT2D eigenvalue weighted by Gasteiger charge is -2.34. The molecule has 3 aliphatic rings. The number of aromatic amines is 1. The number of rotatable bonds is 3. The highest BCUT2D eigenvalue weighted by Crippen LogP contribution is 2.33. The number of hydrogen-bond acceptors (Lipinski definition) is 7. The first-order valence-electron chi connectivity index (χ1n) is 10.3. The van der Waals surface area contributed by atoms with Crippen molar-refractivity contribution in [3.05, 3.63) is 66.1 Å². The molecule has 3 aromatic rings. The predicted octanol–water partition coefficient (Wildman–Crippen LogP) is 2.90. The summed E-state index contributed by atoms with van der Waals surface area (Å²) in [5, 5.41) is 6.94. The lowest BCUT2D eigenvalue weighted by Crippen LogP contribution is -2.36. The number of hydrogen-bond donors (Lipinski definition) is 1. The minimum atomic E-state index is -0.202. The largest absolute Gasteiger partial charge is 0.478 e. The summed E-state index contributed by atoms with van der Waals surface area (Å²) in [4.78, 5) is 11.0. The van der Waals surface area contributed by atoms with Gasteiger partial charge in [0.05, 0.1) is 11.9 Å². The van der Waals surface area contributed by atoms with Gasteiger partial charge in [-0.2, -0.15) is 5.10 Å². The van der Waals surface area contributed by atoms with Crippen LogP contribution in [0.25, 0.3) is 16.8 Å². The third kappa shape index (κ3) is 3.39. The summed E-state index contributed by atoms with van der Waals surface area (Å²) < 4.78 is 17.6. The molecular formula is C23H21N5O3. The van der Waals surface area contributed by atoms with Gasteiger partial charge in [0.15, 0.2) is 11.9 Å². The van der Waals surface area contributed by atoms with Crippen LogP contribution in [0.4, 0.5) is 0 Å². The van der Waals surface area contributed by atoms with Crippen LogP contribution >= 0.6 is 0 Å². The molecule has 0 saturated carbocycles. The van der Waals surface area contributed by atoms with Crippen molar-refractivity contribution in [1.82, 2.24) is 20.1 Å². The van der Waals surface area contributed by atoms with Crippen molar-refractivity contribution >= 4 is 11.6 Å². The average Bonchev–Trinajstić information content (AvgIpc) is 3.37. The maximum atomic E-state index is 5.99. The normalized spacial score (nSPS) is 19.1. The molecule has 8 heteroatoms. The van der Waals surface area contributed by atoms with Gasteiger partial charge in [0.2, 0.25) is 5.90 Å². The summed E-state index contributed by atoms with van der Waals surface area (Å²) in [5.41, 5.74) is 5.98. The van der Waals surface area contributed by atoms with Gasteiger partial charge in [0, 0.05) is 36.1 Å². The Labute approximate surface area is 179 Å². The van der Waals surface area contributed by atoms with Crippen molar-refractivity contribution in [3.63, 3.8) is 0 Å². The van der Waals surface area contributed by atoms with Crippen LogP contribution in [-0.4, -0.2) is 58.5 Å². The third-order valence-electron chi connectivity index (χ3n) is 5.71. The molecule has 1 unspecified atom stereocenters. The molecule has 0 radical (unpaired) electrons. The van der Waals surface area contributed by atoms with Gasteiger partial charge in [-0.05, 0) is 29.7 Å². The monoisotopic (exact) mass is 415 g/mol. The third-order valence-corrected chi connectivity index (χ3v) is 5.71. The molecule has 8 nitrogen and oxygen atoms in total. The Bertz CT molecular complexity index is 1170. The Morgan fingerprint density at radius 1 is 1.23 bits per heavy atom. The minimum Gasteiger partial charge on any atom is -0.478 e. The second-order valence-electron chi connectivity index (χ2n) is 7.71. The fraction of sp³-hybridized carbons (Fsp3) is 0.261. The summed E-state index contributed by atoms with van der Waals surface area (Å²) in [6, 6.07) is 10.3. The number of pyridine rings is 1. The lowest BCUT2D eigenvalue weighted by molar-refractivity contribution is 0.0466. The second kappa shape index (κ2) is 7.46. The van der Waals surface area contributed by atoms with E-state index in [0.717, 1.165) is 24.2 Å². The van der Waals surface area contributed by atoms with Gasteiger partial charge >= 0.3 is 0 Å². The van der Waals surface area contributed by atoms with Gasteiger partial charge in [-0.3, -0.25) is 5.10 Å². The Balaban J connectivity index is 1.18. The van der Waals surface area contributed by atoms with E-state index in [2.05, 4.69) is 43.3 Å². The van der Waals surface area contributed by atoms with Crippen LogP contribution in [-0.2, 0) is 11.2 Å². The topological polar surface area (TPSA) is 84.9 Å². The van der Waals surface area contributed by atoms with Crippen LogP contribution in [0.5, 0.6) is 11.6 Å². The Morgan fingerprint density at radius 3 is 3.16 bits per heavy atom. The zero-order valence-corrected chi connectivity index (χ0v) is 16.8. The standard InChI is InChI=1S/C23H21N5O3/c1-2-21-23(24-6-1)30-13-18(31-21)12-29-22-9-20-19-4-3-15(17-10-26-27-11-17)8-16(19)5-7-28(20)14-25-22/h1-4,6,8-11,18H,5,7,12-14H2,(H,26,27). The van der Waals surface area contributed by atoms with Crippen molar-refractivity contribution in [1.29, 1.82) is 0 Å². The molecule has 31 heavy (non-hydrogen) atoms. The molecule has 1 N–H and O–H groups in total. The smallest absolute Gasteiger partial charge is 0.257 e. The maximum Gasteiger partial charge on any atom is 0.257 e. The molecule has 0 fully saturated rings. The lowest BCUT2D eigenvalue weighted by atomic mass is 9.92. The first-order valence-corrected chi connectivity index (χ1v) is 10.3. The van der Waals surface area contributed by atoms with Crippen molar-refractivity contribution in [3.8, 4) is 22.8 Å². The van der Waals surface area contributed by atoms with Crippen molar-refractivity contribution in [2.75, 3.05) is 26.4 Å². The zero-order valence-electron chi connectivity index (χ0n) is 16.8. The van der Waals surface area contributed by atoms with Crippen LogP contribution in [0.3, 0.4) is 0 Å². The maximum absolute atomic E-state index is 5.99. The summed E-state index contributed by atoms with van der Waals surface area (Å²) >= 11 is 0. The number of nitrogens with one attached hydrogen (secondary N) is 1. The highest BCUT2D eigenvalue weighted by molar-refractivity contribution is 5.97. The van der Waals surface area contributed by atoms with Gasteiger partial charge in [-0.15, -0.1) is 0 Å². The fourth-order valence-electron chi connectivity index (χ4n) is 4.13. The highest BCUT2D eigenvalue weighted by atomic mass is 16.6. The summed E-state index contributed by atoms with van der Waals surface area (Å²) in [6.45, 7) is 2.30. The molecule has 2 aromatic heterocycles. The summed E-state index contributed by atoms with van der Waals surface area (Å²) in [6.07, 6.45) is 8.27. The van der Waals surface area contributed by atoms with E-state index in [1.807, 2.05) is 30.6 Å². The average molecular weight is 415 g/mol. The van der Waals surface area contributed by atoms with E-state index in [4.69, 9.17) is 14.2 Å². The zero-order chi connectivity index (χ0) is 20.6. The number of aromatic nitrogens is 3. The van der Waals surface area contributed by atoms with Crippen LogP contribution in [0.15, 0.2) is 60.0 Å². The molecule has 0 saturated heterocycles. The molecule has 6 rings (SSSR count). The van der Waals surface area contributed by atoms with Gasteiger partial charge in [-0.25, -0.2) is 9.98 Å². The summed E-state index contributed by atoms with van der Waals surface area (Å²) in [7, 11) is 0. The predicted molar refractivity (Wildman–Crippen MR) is 115 cm³/mol. The quantitative estimate of drug-likeness (QED) is 0.708.